The summed E-state index contributed by atoms with van der Waals surface area (Å²) in [6.07, 6.45) is 11.0. The summed E-state index contributed by atoms with van der Waals surface area (Å²) in [4.78, 5) is 0. The van der Waals surface area contributed by atoms with Crippen LogP contribution in [0.15, 0.2) is 24.6 Å². The number of hydrogen-bond donors (Lipinski definition) is 0. The van der Waals surface area contributed by atoms with Crippen LogP contribution in [0.2, 0.25) is 13.1 Å². The Hall–Kier alpha value is -0.206. The first kappa shape index (κ1) is 23.8. The maximum absolute atomic E-state index is 6.35. The number of hydrogen-bond acceptors (Lipinski definition) is 3. The van der Waals surface area contributed by atoms with Crippen LogP contribution < -0.4 is 0 Å². The third kappa shape index (κ3) is 11.4. The molecule has 0 radical (unpaired) electrons. The summed E-state index contributed by atoms with van der Waals surface area (Å²) in [5.41, 5.74) is 3.73. The molecule has 0 N–H and O–H groups in total. The van der Waals surface area contributed by atoms with Gasteiger partial charge in [0.1, 0.15) is 0 Å². The average Bonchev–Trinajstić information content (AvgIpc) is 2.58. The molecule has 0 fully saturated rings. The molecule has 0 aliphatic carbocycles. The fourth-order valence-corrected chi connectivity index (χ4v) is 8.14. The van der Waals surface area contributed by atoms with Gasteiger partial charge in [-0.25, -0.2) is 0 Å². The zero-order valence-corrected chi connectivity index (χ0v) is 18.6. The molecule has 0 amide bonds. The van der Waals surface area contributed by atoms with E-state index in [-0.39, 0.29) is 0 Å². The van der Waals surface area contributed by atoms with Crippen LogP contribution in [-0.2, 0) is 13.0 Å². The number of unbranched alkanes of at least 4 members (excludes halogenated alkanes) is 7. The lowest BCUT2D eigenvalue weighted by Crippen LogP contribution is -2.50. The predicted octanol–water partition coefficient (Wildman–Crippen LogP) is 6.18. The van der Waals surface area contributed by atoms with Gasteiger partial charge in [0.15, 0.2) is 0 Å². The molecule has 24 heavy (non-hydrogen) atoms. The molecule has 2 atom stereocenters. The zero-order chi connectivity index (χ0) is 18.3. The van der Waals surface area contributed by atoms with Gasteiger partial charge in [-0.3, -0.25) is 0 Å². The minimum Gasteiger partial charge on any atom is -0.409 e. The molecule has 0 aliphatic heterocycles. The highest BCUT2D eigenvalue weighted by Crippen LogP contribution is 2.20. The quantitative estimate of drug-likeness (QED) is 0.225. The largest absolute Gasteiger partial charge is 0.409 e. The minimum absolute atomic E-state index is 0.738. The Kier molecular flexibility index (Phi) is 13.9. The Balaban J connectivity index is 4.24. The van der Waals surface area contributed by atoms with Crippen LogP contribution >= 0.6 is 0 Å². The molecule has 0 saturated heterocycles. The van der Waals surface area contributed by atoms with Crippen LogP contribution in [0.3, 0.4) is 0 Å². The van der Waals surface area contributed by atoms with E-state index in [1.165, 1.54) is 44.9 Å². The van der Waals surface area contributed by atoms with Gasteiger partial charge in [-0.05, 0) is 25.9 Å². The van der Waals surface area contributed by atoms with Crippen molar-refractivity contribution in [2.45, 2.75) is 84.7 Å². The van der Waals surface area contributed by atoms with Gasteiger partial charge in [0.05, 0.1) is 0 Å². The SMILES string of the molecule is C=C[Si](C)(OCCCCC)O[Si](C)(C=C)OCCCCCCCC. The van der Waals surface area contributed by atoms with E-state index in [0.29, 0.717) is 0 Å². The van der Waals surface area contributed by atoms with Crippen LogP contribution in [0.5, 0.6) is 0 Å². The Bertz CT molecular complexity index is 339. The first-order chi connectivity index (χ1) is 11.4. The second-order valence-electron chi connectivity index (χ2n) is 6.71. The van der Waals surface area contributed by atoms with E-state index in [1.54, 1.807) is 0 Å². The van der Waals surface area contributed by atoms with Crippen LogP contribution in [0.1, 0.15) is 71.6 Å². The van der Waals surface area contributed by atoms with Crippen molar-refractivity contribution >= 4 is 17.1 Å². The molecule has 0 spiro atoms. The van der Waals surface area contributed by atoms with Crippen molar-refractivity contribution in [2.75, 3.05) is 13.2 Å². The van der Waals surface area contributed by atoms with Gasteiger partial charge in [0, 0.05) is 13.2 Å². The molecular formula is C19H40O3Si2. The standard InChI is InChI=1S/C19H40O3Si2/c1-7-11-13-14-15-17-19-21-24(6,10-4)22-23(5,9-3)20-18-16-12-8-2/h9-10H,3-4,7-8,11-19H2,1-2,5-6H3. The van der Waals surface area contributed by atoms with E-state index >= 15 is 0 Å². The molecular weight excluding hydrogens is 332 g/mol. The highest BCUT2D eigenvalue weighted by molar-refractivity contribution is 6.84. The molecule has 0 aromatic rings. The molecule has 0 heterocycles. The van der Waals surface area contributed by atoms with E-state index in [9.17, 15) is 0 Å². The van der Waals surface area contributed by atoms with Crippen LogP contribution in [-0.4, -0.2) is 30.3 Å². The fourth-order valence-electron chi connectivity index (χ4n) is 2.45. The molecule has 2 unspecified atom stereocenters. The van der Waals surface area contributed by atoms with Crippen molar-refractivity contribution in [2.24, 2.45) is 0 Å². The molecule has 0 aromatic carbocycles. The second-order valence-corrected chi connectivity index (χ2v) is 13.0. The van der Waals surface area contributed by atoms with Crippen molar-refractivity contribution in [1.82, 2.24) is 0 Å². The first-order valence-corrected chi connectivity index (χ1v) is 14.5. The van der Waals surface area contributed by atoms with Gasteiger partial charge in [-0.15, -0.1) is 13.2 Å². The zero-order valence-electron chi connectivity index (χ0n) is 16.6. The maximum Gasteiger partial charge on any atom is 0.352 e. The lowest BCUT2D eigenvalue weighted by atomic mass is 10.1. The molecule has 0 bridgehead atoms. The molecule has 0 saturated carbocycles. The van der Waals surface area contributed by atoms with E-state index in [4.69, 9.17) is 13.0 Å². The van der Waals surface area contributed by atoms with Gasteiger partial charge in [-0.2, -0.15) is 0 Å². The summed E-state index contributed by atoms with van der Waals surface area (Å²) in [5.74, 6) is 0. The molecule has 142 valence electrons. The normalized spacial score (nSPS) is 16.3. The monoisotopic (exact) mass is 372 g/mol. The average molecular weight is 373 g/mol. The minimum atomic E-state index is -2.39. The molecule has 3 nitrogen and oxygen atoms in total. The Morgan fingerprint density at radius 3 is 1.50 bits per heavy atom. The van der Waals surface area contributed by atoms with Crippen LogP contribution in [0.25, 0.3) is 0 Å². The third-order valence-electron chi connectivity index (χ3n) is 4.17. The van der Waals surface area contributed by atoms with Crippen molar-refractivity contribution in [3.05, 3.63) is 24.6 Å². The van der Waals surface area contributed by atoms with Gasteiger partial charge in [0.2, 0.25) is 0 Å². The lowest BCUT2D eigenvalue weighted by molar-refractivity contribution is 0.197. The highest BCUT2D eigenvalue weighted by atomic mass is 28.5. The highest BCUT2D eigenvalue weighted by Gasteiger charge is 2.39. The van der Waals surface area contributed by atoms with E-state index in [0.717, 1.165) is 26.1 Å². The van der Waals surface area contributed by atoms with Gasteiger partial charge in [-0.1, -0.05) is 70.2 Å². The second kappa shape index (κ2) is 14.0. The fraction of sp³-hybridized carbons (Fsp3) is 0.789. The van der Waals surface area contributed by atoms with Gasteiger partial charge < -0.3 is 13.0 Å². The topological polar surface area (TPSA) is 27.7 Å². The van der Waals surface area contributed by atoms with Crippen LogP contribution in [0.4, 0.5) is 0 Å². The Morgan fingerprint density at radius 2 is 1.04 bits per heavy atom. The maximum atomic E-state index is 6.35. The van der Waals surface area contributed by atoms with Crippen molar-refractivity contribution < 1.29 is 13.0 Å². The van der Waals surface area contributed by atoms with Gasteiger partial charge >= 0.3 is 17.1 Å². The summed E-state index contributed by atoms with van der Waals surface area (Å²) in [6.45, 7) is 17.9. The van der Waals surface area contributed by atoms with Gasteiger partial charge in [0.25, 0.3) is 0 Å². The van der Waals surface area contributed by atoms with Crippen molar-refractivity contribution in [1.29, 1.82) is 0 Å². The van der Waals surface area contributed by atoms with E-state index < -0.39 is 17.1 Å². The predicted molar refractivity (Wildman–Crippen MR) is 110 cm³/mol. The molecule has 0 aliphatic rings. The van der Waals surface area contributed by atoms with Crippen molar-refractivity contribution in [3.8, 4) is 0 Å². The van der Waals surface area contributed by atoms with E-state index in [1.807, 2.05) is 11.4 Å². The first-order valence-electron chi connectivity index (χ1n) is 9.70. The summed E-state index contributed by atoms with van der Waals surface area (Å²) in [7, 11) is -4.78. The lowest BCUT2D eigenvalue weighted by Gasteiger charge is -2.33. The summed E-state index contributed by atoms with van der Waals surface area (Å²) in [6, 6.07) is 0. The summed E-state index contributed by atoms with van der Waals surface area (Å²) < 4.78 is 18.5. The summed E-state index contributed by atoms with van der Waals surface area (Å²) in [5, 5.41) is 0. The van der Waals surface area contributed by atoms with E-state index in [2.05, 4.69) is 40.1 Å². The molecule has 5 heteroatoms. The summed E-state index contributed by atoms with van der Waals surface area (Å²) >= 11 is 0. The Labute approximate surface area is 153 Å². The molecule has 0 rings (SSSR count). The third-order valence-corrected chi connectivity index (χ3v) is 10.5. The smallest absolute Gasteiger partial charge is 0.352 e. The Morgan fingerprint density at radius 1 is 0.667 bits per heavy atom. The molecule has 0 aromatic heterocycles. The number of rotatable bonds is 17. The van der Waals surface area contributed by atoms with Crippen molar-refractivity contribution in [3.63, 3.8) is 0 Å². The van der Waals surface area contributed by atoms with Crippen LogP contribution in [0, 0.1) is 0 Å².